The van der Waals surface area contributed by atoms with E-state index < -0.39 is 5.97 Å². The molecule has 1 aliphatic rings. The van der Waals surface area contributed by atoms with E-state index in [4.69, 9.17) is 5.11 Å². The Morgan fingerprint density at radius 1 is 1.50 bits per heavy atom. The highest BCUT2D eigenvalue weighted by molar-refractivity contribution is 5.70. The van der Waals surface area contributed by atoms with Gasteiger partial charge < -0.3 is 10.0 Å². The fraction of sp³-hybridized carbons (Fsp3) is 0.462. The van der Waals surface area contributed by atoms with Crippen molar-refractivity contribution in [2.75, 3.05) is 19.0 Å². The van der Waals surface area contributed by atoms with E-state index in [-0.39, 0.29) is 12.3 Å². The number of anilines is 1. The first-order valence-corrected chi connectivity index (χ1v) is 5.60. The van der Waals surface area contributed by atoms with Gasteiger partial charge in [-0.25, -0.2) is 0 Å². The predicted octanol–water partition coefficient (Wildman–Crippen LogP) is 2.26. The van der Waals surface area contributed by atoms with E-state index in [9.17, 15) is 4.79 Å². The van der Waals surface area contributed by atoms with Crippen molar-refractivity contribution in [1.29, 1.82) is 0 Å². The Labute approximate surface area is 95.7 Å². The van der Waals surface area contributed by atoms with Gasteiger partial charge in [-0.2, -0.15) is 0 Å². The maximum atomic E-state index is 10.8. The van der Waals surface area contributed by atoms with E-state index >= 15 is 0 Å². The van der Waals surface area contributed by atoms with Crippen LogP contribution in [-0.2, 0) is 11.2 Å². The number of benzene rings is 1. The van der Waals surface area contributed by atoms with E-state index in [0.717, 1.165) is 12.8 Å². The molecule has 0 bridgehead atoms. The number of fused-ring (bicyclic) bond motifs is 1. The summed E-state index contributed by atoms with van der Waals surface area (Å²) in [5.41, 5.74) is 3.73. The van der Waals surface area contributed by atoms with Crippen LogP contribution in [0.2, 0.25) is 0 Å². The number of hydrogen-bond donors (Lipinski definition) is 1. The third kappa shape index (κ3) is 1.90. The van der Waals surface area contributed by atoms with Crippen molar-refractivity contribution in [2.24, 2.45) is 0 Å². The van der Waals surface area contributed by atoms with Crippen LogP contribution in [0.1, 0.15) is 29.9 Å². The summed E-state index contributed by atoms with van der Waals surface area (Å²) in [4.78, 5) is 12.9. The normalized spacial score (nSPS) is 18.2. The first-order valence-electron chi connectivity index (χ1n) is 5.60. The molecule has 0 fully saturated rings. The number of aliphatic carboxylic acids is 1. The van der Waals surface area contributed by atoms with Gasteiger partial charge in [0.15, 0.2) is 0 Å². The third-order valence-electron chi connectivity index (χ3n) is 3.25. The molecule has 0 heterocycles. The van der Waals surface area contributed by atoms with Gasteiger partial charge in [-0.05, 0) is 36.0 Å². The zero-order chi connectivity index (χ0) is 11.7. The Morgan fingerprint density at radius 2 is 2.25 bits per heavy atom. The fourth-order valence-corrected chi connectivity index (χ4v) is 2.57. The molecule has 16 heavy (non-hydrogen) atoms. The maximum absolute atomic E-state index is 10.8. The Balaban J connectivity index is 2.39. The van der Waals surface area contributed by atoms with E-state index in [2.05, 4.69) is 23.1 Å². The molecule has 0 aromatic heterocycles. The van der Waals surface area contributed by atoms with Crippen molar-refractivity contribution in [3.63, 3.8) is 0 Å². The molecular formula is C13H17NO2. The van der Waals surface area contributed by atoms with Crippen LogP contribution in [0.25, 0.3) is 0 Å². The van der Waals surface area contributed by atoms with Crippen LogP contribution < -0.4 is 4.90 Å². The van der Waals surface area contributed by atoms with Crippen molar-refractivity contribution >= 4 is 11.7 Å². The van der Waals surface area contributed by atoms with Crippen LogP contribution in [0.3, 0.4) is 0 Å². The van der Waals surface area contributed by atoms with E-state index in [1.54, 1.807) is 0 Å². The van der Waals surface area contributed by atoms with Gasteiger partial charge in [0, 0.05) is 19.8 Å². The van der Waals surface area contributed by atoms with Crippen LogP contribution >= 0.6 is 0 Å². The second-order valence-corrected chi connectivity index (χ2v) is 4.58. The van der Waals surface area contributed by atoms with Crippen LogP contribution in [0, 0.1) is 0 Å². The summed E-state index contributed by atoms with van der Waals surface area (Å²) in [7, 11) is 4.01. The summed E-state index contributed by atoms with van der Waals surface area (Å²) in [5.74, 6) is -0.516. The molecule has 1 unspecified atom stereocenters. The van der Waals surface area contributed by atoms with Crippen molar-refractivity contribution in [3.8, 4) is 0 Å². The molecule has 0 saturated heterocycles. The fourth-order valence-electron chi connectivity index (χ4n) is 2.57. The monoisotopic (exact) mass is 219 g/mol. The molecular weight excluding hydrogens is 202 g/mol. The molecule has 3 nitrogen and oxygen atoms in total. The Hall–Kier alpha value is -1.51. The lowest BCUT2D eigenvalue weighted by Crippen LogP contribution is -2.13. The minimum atomic E-state index is -0.702. The van der Waals surface area contributed by atoms with Gasteiger partial charge in [-0.1, -0.05) is 12.1 Å². The number of rotatable bonds is 3. The quantitative estimate of drug-likeness (QED) is 0.847. The van der Waals surface area contributed by atoms with E-state index in [0.29, 0.717) is 0 Å². The molecule has 0 saturated carbocycles. The summed E-state index contributed by atoms with van der Waals surface area (Å²) >= 11 is 0. The predicted molar refractivity (Wildman–Crippen MR) is 64.1 cm³/mol. The van der Waals surface area contributed by atoms with E-state index in [1.165, 1.54) is 16.8 Å². The molecule has 0 radical (unpaired) electrons. The average molecular weight is 219 g/mol. The Morgan fingerprint density at radius 3 is 2.88 bits per heavy atom. The number of nitrogens with zero attached hydrogens (tertiary/aromatic N) is 1. The van der Waals surface area contributed by atoms with Crippen molar-refractivity contribution in [3.05, 3.63) is 29.3 Å². The lowest BCUT2D eigenvalue weighted by Gasteiger charge is -2.20. The van der Waals surface area contributed by atoms with E-state index in [1.807, 2.05) is 14.1 Å². The van der Waals surface area contributed by atoms with Gasteiger partial charge in [-0.3, -0.25) is 4.79 Å². The standard InChI is InChI=1S/C13H17NO2/c1-14(2)11-5-3-4-9-6-7-10(13(9)11)8-12(15)16/h3-5,10H,6-8H2,1-2H3,(H,15,16). The third-order valence-corrected chi connectivity index (χ3v) is 3.25. The number of carbonyl (C=O) groups is 1. The number of aryl methyl sites for hydroxylation is 1. The van der Waals surface area contributed by atoms with Crippen molar-refractivity contribution in [2.45, 2.75) is 25.2 Å². The molecule has 0 spiro atoms. The van der Waals surface area contributed by atoms with Crippen molar-refractivity contribution < 1.29 is 9.90 Å². The smallest absolute Gasteiger partial charge is 0.303 e. The number of carboxylic acid groups (broad SMARTS) is 1. The van der Waals surface area contributed by atoms with Gasteiger partial charge >= 0.3 is 5.97 Å². The molecule has 1 aromatic rings. The molecule has 3 heteroatoms. The molecule has 1 aliphatic carbocycles. The number of carboxylic acids is 1. The Kier molecular flexibility index (Phi) is 2.86. The maximum Gasteiger partial charge on any atom is 0.303 e. The zero-order valence-corrected chi connectivity index (χ0v) is 9.73. The molecule has 1 N–H and O–H groups in total. The summed E-state index contributed by atoms with van der Waals surface area (Å²) in [6, 6.07) is 6.24. The lowest BCUT2D eigenvalue weighted by molar-refractivity contribution is -0.137. The van der Waals surface area contributed by atoms with Crippen LogP contribution in [0.15, 0.2) is 18.2 Å². The topological polar surface area (TPSA) is 40.5 Å². The summed E-state index contributed by atoms with van der Waals surface area (Å²) in [6.07, 6.45) is 2.22. The second kappa shape index (κ2) is 4.16. The van der Waals surface area contributed by atoms with Gasteiger partial charge in [0.05, 0.1) is 6.42 Å². The first-order chi connectivity index (χ1) is 7.59. The lowest BCUT2D eigenvalue weighted by atomic mass is 9.96. The first kappa shape index (κ1) is 11.0. The number of hydrogen-bond acceptors (Lipinski definition) is 2. The highest BCUT2D eigenvalue weighted by Gasteiger charge is 2.27. The van der Waals surface area contributed by atoms with Gasteiger partial charge in [0.25, 0.3) is 0 Å². The van der Waals surface area contributed by atoms with Gasteiger partial charge in [0.2, 0.25) is 0 Å². The molecule has 1 aromatic carbocycles. The summed E-state index contributed by atoms with van der Waals surface area (Å²) in [5, 5.41) is 8.92. The largest absolute Gasteiger partial charge is 0.481 e. The summed E-state index contributed by atoms with van der Waals surface area (Å²) in [6.45, 7) is 0. The molecule has 0 aliphatic heterocycles. The van der Waals surface area contributed by atoms with Gasteiger partial charge in [0.1, 0.15) is 0 Å². The molecule has 1 atom stereocenters. The summed E-state index contributed by atoms with van der Waals surface area (Å²) < 4.78 is 0. The minimum absolute atomic E-state index is 0.186. The van der Waals surface area contributed by atoms with Crippen LogP contribution in [0.4, 0.5) is 5.69 Å². The minimum Gasteiger partial charge on any atom is -0.481 e. The molecule has 0 amide bonds. The SMILES string of the molecule is CN(C)c1cccc2c1C(CC(=O)O)CC2. The second-order valence-electron chi connectivity index (χ2n) is 4.58. The zero-order valence-electron chi connectivity index (χ0n) is 9.73. The van der Waals surface area contributed by atoms with Gasteiger partial charge in [-0.15, -0.1) is 0 Å². The highest BCUT2D eigenvalue weighted by atomic mass is 16.4. The average Bonchev–Trinajstić information content (AvgIpc) is 2.60. The molecule has 2 rings (SSSR count). The highest BCUT2D eigenvalue weighted by Crippen LogP contribution is 2.40. The van der Waals surface area contributed by atoms with Crippen LogP contribution in [0.5, 0.6) is 0 Å². The van der Waals surface area contributed by atoms with Crippen LogP contribution in [-0.4, -0.2) is 25.2 Å². The van der Waals surface area contributed by atoms with Crippen molar-refractivity contribution in [1.82, 2.24) is 0 Å². The Bertz CT molecular complexity index is 412. The molecule has 86 valence electrons.